The van der Waals surface area contributed by atoms with E-state index in [-0.39, 0.29) is 42.7 Å². The lowest BCUT2D eigenvalue weighted by molar-refractivity contribution is 0.0209. The molecule has 0 aliphatic carbocycles. The molecule has 47 heavy (non-hydrogen) atoms. The van der Waals surface area contributed by atoms with Gasteiger partial charge < -0.3 is 30.1 Å². The van der Waals surface area contributed by atoms with Crippen molar-refractivity contribution in [1.29, 1.82) is 0 Å². The number of aliphatic hydroxyl groups excluding tert-OH is 1. The maximum atomic E-state index is 14.2. The molecule has 3 N–H and O–H groups in total. The Morgan fingerprint density at radius 2 is 1.74 bits per heavy atom. The van der Waals surface area contributed by atoms with Crippen LogP contribution in [0.4, 0.5) is 20.6 Å². The van der Waals surface area contributed by atoms with Crippen molar-refractivity contribution < 1.29 is 37.0 Å². The van der Waals surface area contributed by atoms with Crippen LogP contribution in [0.3, 0.4) is 0 Å². The summed E-state index contributed by atoms with van der Waals surface area (Å²) >= 11 is 0. The lowest BCUT2D eigenvalue weighted by Crippen LogP contribution is -2.44. The van der Waals surface area contributed by atoms with Crippen LogP contribution in [0.5, 0.6) is 5.75 Å². The summed E-state index contributed by atoms with van der Waals surface area (Å²) < 4.78 is 53.5. The van der Waals surface area contributed by atoms with Gasteiger partial charge in [0, 0.05) is 38.1 Å². The van der Waals surface area contributed by atoms with Crippen LogP contribution in [0.15, 0.2) is 77.7 Å². The minimum atomic E-state index is -3.93. The third-order valence-electron chi connectivity index (χ3n) is 7.92. The quantitative estimate of drug-likeness (QED) is 0.294. The number of likely N-dealkylation sites (N-methyl/N-ethyl adjacent to an activating group) is 1. The number of anilines is 2. The number of nitrogens with one attached hydrogen (secondary N) is 2. The second-order valence-electron chi connectivity index (χ2n) is 11.6. The molecule has 11 nitrogen and oxygen atoms in total. The molecule has 1 aliphatic heterocycles. The smallest absolute Gasteiger partial charge is 0.323 e. The first kappa shape index (κ1) is 35.8. The molecule has 254 valence electrons. The molecule has 0 fully saturated rings. The minimum absolute atomic E-state index is 0.00403. The zero-order valence-corrected chi connectivity index (χ0v) is 27.7. The Morgan fingerprint density at radius 1 is 1.04 bits per heavy atom. The largest absolute Gasteiger partial charge is 0.490 e. The number of para-hydroxylation sites is 1. The standard InChI is InChI=1S/C34H43FN4O7S/c1-24(23-40)39-19-18-29(22-38(3)47(43,44)30-15-12-26(35)13-16-30)45-20-8-7-9-25(2)46-32-17-14-28(21-31(32)33(39)41)37-34(42)36-27-10-5-4-6-11-27/h4-6,10-17,21,24-25,29,40H,7-9,18-20,22-23H2,1-3H3,(H2,36,37,42)/t24-,25?,29+/m0/s1. The van der Waals surface area contributed by atoms with Crippen molar-refractivity contribution in [2.45, 2.75) is 62.7 Å². The van der Waals surface area contributed by atoms with Crippen molar-refractivity contribution in [1.82, 2.24) is 9.21 Å². The topological polar surface area (TPSA) is 138 Å². The maximum absolute atomic E-state index is 14.2. The summed E-state index contributed by atoms with van der Waals surface area (Å²) in [7, 11) is -2.50. The second kappa shape index (κ2) is 16.7. The number of carbonyl (C=O) groups excluding carboxylic acids is 2. The van der Waals surface area contributed by atoms with Gasteiger partial charge in [-0.2, -0.15) is 4.31 Å². The summed E-state index contributed by atoms with van der Waals surface area (Å²) in [5.74, 6) is -0.617. The fourth-order valence-electron chi connectivity index (χ4n) is 5.21. The number of aliphatic hydroxyl groups is 1. The highest BCUT2D eigenvalue weighted by molar-refractivity contribution is 7.89. The summed E-state index contributed by atoms with van der Waals surface area (Å²) in [5, 5.41) is 15.6. The lowest BCUT2D eigenvalue weighted by atomic mass is 10.1. The molecule has 0 saturated heterocycles. The first-order chi connectivity index (χ1) is 22.5. The predicted molar refractivity (Wildman–Crippen MR) is 178 cm³/mol. The SMILES string of the molecule is CC1CCCCO[C@@H](CN(C)S(=O)(=O)c2ccc(F)cc2)CCN([C@@H](C)CO)C(=O)c2cc(NC(=O)Nc3ccccc3)ccc2O1. The van der Waals surface area contributed by atoms with Crippen LogP contribution < -0.4 is 15.4 Å². The van der Waals surface area contributed by atoms with E-state index in [0.717, 1.165) is 18.6 Å². The Balaban J connectivity index is 1.58. The fraction of sp³-hybridized carbons (Fsp3) is 0.412. The van der Waals surface area contributed by atoms with Crippen LogP contribution in [0, 0.1) is 5.82 Å². The van der Waals surface area contributed by atoms with E-state index in [1.165, 1.54) is 28.4 Å². The van der Waals surface area contributed by atoms with Gasteiger partial charge in [-0.25, -0.2) is 17.6 Å². The van der Waals surface area contributed by atoms with Gasteiger partial charge in [0.05, 0.1) is 35.3 Å². The van der Waals surface area contributed by atoms with Crippen molar-refractivity contribution in [3.05, 3.63) is 84.2 Å². The monoisotopic (exact) mass is 670 g/mol. The van der Waals surface area contributed by atoms with E-state index in [1.807, 2.05) is 13.0 Å². The van der Waals surface area contributed by atoms with Crippen molar-refractivity contribution in [2.24, 2.45) is 0 Å². The van der Waals surface area contributed by atoms with Gasteiger partial charge >= 0.3 is 6.03 Å². The number of hydrogen-bond acceptors (Lipinski definition) is 7. The van der Waals surface area contributed by atoms with Crippen LogP contribution in [-0.4, -0.2) is 86.3 Å². The summed E-state index contributed by atoms with van der Waals surface area (Å²) in [5.41, 5.74) is 1.18. The zero-order valence-electron chi connectivity index (χ0n) is 26.9. The number of benzene rings is 3. The first-order valence-electron chi connectivity index (χ1n) is 15.7. The Morgan fingerprint density at radius 3 is 2.45 bits per heavy atom. The van der Waals surface area contributed by atoms with E-state index in [4.69, 9.17) is 9.47 Å². The number of urea groups is 1. The molecule has 0 spiro atoms. The Bertz CT molecular complexity index is 1590. The molecule has 0 radical (unpaired) electrons. The van der Waals surface area contributed by atoms with Gasteiger partial charge in [-0.05, 0) is 94.1 Å². The van der Waals surface area contributed by atoms with E-state index in [2.05, 4.69) is 10.6 Å². The van der Waals surface area contributed by atoms with Crippen LogP contribution >= 0.6 is 0 Å². The van der Waals surface area contributed by atoms with E-state index < -0.39 is 39.9 Å². The van der Waals surface area contributed by atoms with Crippen molar-refractivity contribution >= 4 is 33.3 Å². The number of amides is 3. The Hall–Kier alpha value is -4.04. The summed E-state index contributed by atoms with van der Waals surface area (Å²) in [6.07, 6.45) is 1.60. The van der Waals surface area contributed by atoms with Crippen molar-refractivity contribution in [3.63, 3.8) is 0 Å². The number of nitrogens with zero attached hydrogens (tertiary/aromatic N) is 2. The van der Waals surface area contributed by atoms with Gasteiger partial charge in [0.2, 0.25) is 10.0 Å². The van der Waals surface area contributed by atoms with Crippen molar-refractivity contribution in [2.75, 3.05) is 44.0 Å². The summed E-state index contributed by atoms with van der Waals surface area (Å²) in [6, 6.07) is 17.3. The average molecular weight is 671 g/mol. The number of rotatable bonds is 8. The van der Waals surface area contributed by atoms with Crippen molar-refractivity contribution in [3.8, 4) is 5.75 Å². The normalized spacial score (nSPS) is 18.9. The van der Waals surface area contributed by atoms with E-state index >= 15 is 0 Å². The summed E-state index contributed by atoms with van der Waals surface area (Å²) in [6.45, 7) is 3.81. The van der Waals surface area contributed by atoms with Gasteiger partial charge in [-0.1, -0.05) is 18.2 Å². The van der Waals surface area contributed by atoms with Crippen LogP contribution in [0.25, 0.3) is 0 Å². The van der Waals surface area contributed by atoms with Gasteiger partial charge in [-0.15, -0.1) is 0 Å². The Kier molecular flexibility index (Phi) is 12.7. The molecule has 1 unspecified atom stereocenters. The number of hydrogen-bond donors (Lipinski definition) is 3. The van der Waals surface area contributed by atoms with E-state index in [0.29, 0.717) is 36.6 Å². The zero-order chi connectivity index (χ0) is 34.0. The van der Waals surface area contributed by atoms with E-state index in [9.17, 15) is 27.5 Å². The van der Waals surface area contributed by atoms with Crippen LogP contribution in [0.1, 0.15) is 49.9 Å². The highest BCUT2D eigenvalue weighted by Crippen LogP contribution is 2.28. The van der Waals surface area contributed by atoms with Gasteiger partial charge in [0.25, 0.3) is 5.91 Å². The van der Waals surface area contributed by atoms with Crippen LogP contribution in [0.2, 0.25) is 0 Å². The fourth-order valence-corrected chi connectivity index (χ4v) is 6.41. The van der Waals surface area contributed by atoms with Gasteiger partial charge in [0.15, 0.2) is 0 Å². The van der Waals surface area contributed by atoms with Crippen LogP contribution in [-0.2, 0) is 14.8 Å². The number of fused-ring (bicyclic) bond motifs is 1. The van der Waals surface area contributed by atoms with Gasteiger partial charge in [0.1, 0.15) is 11.6 Å². The molecule has 1 heterocycles. The third-order valence-corrected chi connectivity index (χ3v) is 9.76. The number of carbonyl (C=O) groups is 2. The molecular weight excluding hydrogens is 627 g/mol. The third kappa shape index (κ3) is 9.97. The summed E-state index contributed by atoms with van der Waals surface area (Å²) in [4.78, 5) is 28.3. The molecule has 3 atom stereocenters. The number of sulfonamides is 1. The highest BCUT2D eigenvalue weighted by atomic mass is 32.2. The molecule has 4 rings (SSSR count). The molecule has 3 aromatic rings. The first-order valence-corrected chi connectivity index (χ1v) is 17.1. The molecule has 0 aromatic heterocycles. The average Bonchev–Trinajstić information content (AvgIpc) is 3.05. The maximum Gasteiger partial charge on any atom is 0.323 e. The molecule has 3 amide bonds. The minimum Gasteiger partial charge on any atom is -0.490 e. The molecule has 3 aromatic carbocycles. The molecule has 1 aliphatic rings. The molecule has 0 saturated carbocycles. The second-order valence-corrected chi connectivity index (χ2v) is 13.7. The highest BCUT2D eigenvalue weighted by Gasteiger charge is 2.29. The molecule has 0 bridgehead atoms. The van der Waals surface area contributed by atoms with E-state index in [1.54, 1.807) is 49.4 Å². The predicted octanol–water partition coefficient (Wildman–Crippen LogP) is 5.34. The Labute approximate surface area is 275 Å². The number of halogens is 1. The molecule has 13 heteroatoms. The number of ether oxygens (including phenoxy) is 2. The molecular formula is C34H43FN4O7S. The lowest BCUT2D eigenvalue weighted by Gasteiger charge is -2.32. The van der Waals surface area contributed by atoms with Gasteiger partial charge in [-0.3, -0.25) is 4.79 Å².